The topological polar surface area (TPSA) is 86.1 Å². The zero-order chi connectivity index (χ0) is 12.7. The minimum atomic E-state index is -0.445. The Morgan fingerprint density at radius 2 is 2.29 bits per heavy atom. The molecule has 1 atom stereocenters. The average molecular weight is 240 g/mol. The van der Waals surface area contributed by atoms with E-state index >= 15 is 0 Å². The van der Waals surface area contributed by atoms with E-state index in [1.165, 1.54) is 17.3 Å². The molecule has 0 aromatic carbocycles. The first kappa shape index (κ1) is 13.1. The van der Waals surface area contributed by atoms with Crippen molar-refractivity contribution < 1.29 is 14.3 Å². The van der Waals surface area contributed by atoms with Crippen LogP contribution < -0.4 is 5.32 Å². The van der Waals surface area contributed by atoms with Gasteiger partial charge in [-0.25, -0.2) is 9.67 Å². The van der Waals surface area contributed by atoms with Crippen molar-refractivity contribution in [3.8, 4) is 0 Å². The normalized spacial score (nSPS) is 11.9. The molecule has 7 nitrogen and oxygen atoms in total. The van der Waals surface area contributed by atoms with Crippen LogP contribution in [0.5, 0.6) is 0 Å². The van der Waals surface area contributed by atoms with Gasteiger partial charge in [0, 0.05) is 6.54 Å². The summed E-state index contributed by atoms with van der Waals surface area (Å²) in [7, 11) is 0. The summed E-state index contributed by atoms with van der Waals surface area (Å²) in [5.41, 5.74) is 0. The van der Waals surface area contributed by atoms with Gasteiger partial charge in [0.2, 0.25) is 5.91 Å². The quantitative estimate of drug-likeness (QED) is 0.702. The molecule has 1 aromatic heterocycles. The second-order valence-corrected chi connectivity index (χ2v) is 3.40. The van der Waals surface area contributed by atoms with Gasteiger partial charge < -0.3 is 10.1 Å². The number of carbonyl (C=O) groups excluding carboxylic acids is 2. The van der Waals surface area contributed by atoms with Crippen LogP contribution in [-0.4, -0.2) is 39.8 Å². The third-order valence-electron chi connectivity index (χ3n) is 2.15. The van der Waals surface area contributed by atoms with Crippen LogP contribution in [-0.2, 0) is 14.3 Å². The zero-order valence-electron chi connectivity index (χ0n) is 9.92. The zero-order valence-corrected chi connectivity index (χ0v) is 9.92. The van der Waals surface area contributed by atoms with Crippen molar-refractivity contribution in [2.75, 3.05) is 13.2 Å². The maximum Gasteiger partial charge on any atom is 0.307 e. The van der Waals surface area contributed by atoms with E-state index in [0.717, 1.165) is 0 Å². The van der Waals surface area contributed by atoms with Crippen LogP contribution in [0, 0.1) is 0 Å². The first-order valence-corrected chi connectivity index (χ1v) is 5.42. The number of aromatic nitrogens is 3. The Labute approximate surface area is 99.2 Å². The fourth-order valence-electron chi connectivity index (χ4n) is 1.21. The van der Waals surface area contributed by atoms with Gasteiger partial charge in [-0.1, -0.05) is 0 Å². The van der Waals surface area contributed by atoms with Crippen LogP contribution in [0.25, 0.3) is 0 Å². The van der Waals surface area contributed by atoms with Gasteiger partial charge in [0.05, 0.1) is 13.0 Å². The highest BCUT2D eigenvalue weighted by Gasteiger charge is 2.15. The van der Waals surface area contributed by atoms with E-state index in [9.17, 15) is 9.59 Å². The number of amides is 1. The lowest BCUT2D eigenvalue weighted by Gasteiger charge is -2.11. The summed E-state index contributed by atoms with van der Waals surface area (Å²) in [6, 6.07) is -0.445. The van der Waals surface area contributed by atoms with E-state index in [0.29, 0.717) is 6.61 Å². The third-order valence-corrected chi connectivity index (χ3v) is 2.15. The summed E-state index contributed by atoms with van der Waals surface area (Å²) < 4.78 is 6.18. The summed E-state index contributed by atoms with van der Waals surface area (Å²) >= 11 is 0. The van der Waals surface area contributed by atoms with Gasteiger partial charge in [-0.3, -0.25) is 9.59 Å². The highest BCUT2D eigenvalue weighted by atomic mass is 16.5. The Bertz CT molecular complexity index is 364. The molecule has 0 saturated carbocycles. The number of rotatable bonds is 6. The largest absolute Gasteiger partial charge is 0.466 e. The molecular formula is C10H16N4O3. The molecule has 7 heteroatoms. The lowest BCUT2D eigenvalue weighted by Crippen LogP contribution is -2.33. The molecule has 1 heterocycles. The lowest BCUT2D eigenvalue weighted by atomic mass is 10.3. The molecule has 0 fully saturated rings. The maximum atomic E-state index is 11.6. The number of nitrogens with one attached hydrogen (secondary N) is 1. The van der Waals surface area contributed by atoms with Gasteiger partial charge in [-0.05, 0) is 13.8 Å². The van der Waals surface area contributed by atoms with Crippen molar-refractivity contribution in [2.45, 2.75) is 26.3 Å². The van der Waals surface area contributed by atoms with Crippen molar-refractivity contribution in [1.82, 2.24) is 20.1 Å². The number of esters is 1. The molecule has 1 rings (SSSR count). The van der Waals surface area contributed by atoms with E-state index in [2.05, 4.69) is 15.4 Å². The summed E-state index contributed by atoms with van der Waals surface area (Å²) in [6.07, 6.45) is 3.00. The monoisotopic (exact) mass is 240 g/mol. The predicted molar refractivity (Wildman–Crippen MR) is 59.0 cm³/mol. The first-order valence-electron chi connectivity index (χ1n) is 5.42. The first-order chi connectivity index (χ1) is 8.15. The Hall–Kier alpha value is -1.92. The Morgan fingerprint density at radius 1 is 1.53 bits per heavy atom. The smallest absolute Gasteiger partial charge is 0.307 e. The van der Waals surface area contributed by atoms with E-state index in [4.69, 9.17) is 4.74 Å². The van der Waals surface area contributed by atoms with E-state index < -0.39 is 6.04 Å². The number of nitrogens with zero attached hydrogens (tertiary/aromatic N) is 3. The van der Waals surface area contributed by atoms with Crippen LogP contribution in [0.2, 0.25) is 0 Å². The van der Waals surface area contributed by atoms with Gasteiger partial charge in [0.1, 0.15) is 18.7 Å². The van der Waals surface area contributed by atoms with Gasteiger partial charge in [0.15, 0.2) is 0 Å². The minimum absolute atomic E-state index is 0.170. The van der Waals surface area contributed by atoms with E-state index in [1.54, 1.807) is 13.8 Å². The van der Waals surface area contributed by atoms with Crippen LogP contribution in [0.1, 0.15) is 26.3 Å². The molecule has 17 heavy (non-hydrogen) atoms. The summed E-state index contributed by atoms with van der Waals surface area (Å²) in [6.45, 7) is 4.05. The second-order valence-electron chi connectivity index (χ2n) is 3.40. The number of ether oxygens (including phenoxy) is 1. The molecule has 0 radical (unpaired) electrons. The van der Waals surface area contributed by atoms with Crippen LogP contribution in [0.3, 0.4) is 0 Å². The second kappa shape index (κ2) is 6.62. The highest BCUT2D eigenvalue weighted by molar-refractivity contribution is 5.80. The average Bonchev–Trinajstić information content (AvgIpc) is 2.81. The number of hydrogen-bond donors (Lipinski definition) is 1. The fourth-order valence-corrected chi connectivity index (χ4v) is 1.21. The molecule has 1 N–H and O–H groups in total. The van der Waals surface area contributed by atoms with E-state index in [1.807, 2.05) is 0 Å². The lowest BCUT2D eigenvalue weighted by molar-refractivity contribution is -0.143. The summed E-state index contributed by atoms with van der Waals surface area (Å²) in [4.78, 5) is 26.4. The Kier molecular flexibility index (Phi) is 5.12. The molecule has 0 aliphatic heterocycles. The maximum absolute atomic E-state index is 11.6. The molecule has 1 amide bonds. The Balaban J connectivity index is 2.28. The van der Waals surface area contributed by atoms with Gasteiger partial charge in [0.25, 0.3) is 0 Å². The van der Waals surface area contributed by atoms with Gasteiger partial charge >= 0.3 is 5.97 Å². The molecular weight excluding hydrogens is 224 g/mol. The number of carbonyl (C=O) groups is 2. The predicted octanol–water partition coefficient (Wildman–Crippen LogP) is -0.0915. The summed E-state index contributed by atoms with van der Waals surface area (Å²) in [5, 5.41) is 6.49. The van der Waals surface area contributed by atoms with Crippen molar-refractivity contribution >= 4 is 11.9 Å². The van der Waals surface area contributed by atoms with Gasteiger partial charge in [-0.2, -0.15) is 5.10 Å². The fraction of sp³-hybridized carbons (Fsp3) is 0.600. The molecule has 0 aliphatic rings. The summed E-state index contributed by atoms with van der Waals surface area (Å²) in [5.74, 6) is -0.527. The molecule has 0 aliphatic carbocycles. The van der Waals surface area contributed by atoms with Gasteiger partial charge in [-0.15, -0.1) is 0 Å². The molecule has 0 spiro atoms. The van der Waals surface area contributed by atoms with Crippen molar-refractivity contribution in [1.29, 1.82) is 0 Å². The molecule has 94 valence electrons. The molecule has 0 saturated heterocycles. The van der Waals surface area contributed by atoms with Crippen LogP contribution >= 0.6 is 0 Å². The molecule has 1 unspecified atom stereocenters. The third kappa shape index (κ3) is 4.21. The molecule has 0 bridgehead atoms. The standard InChI is InChI=1S/C10H16N4O3/c1-3-17-9(15)4-5-12-10(16)8(2)14-7-11-6-13-14/h6-8H,3-5H2,1-2H3,(H,12,16). The molecule has 1 aromatic rings. The SMILES string of the molecule is CCOC(=O)CCNC(=O)C(C)n1cncn1. The number of hydrogen-bond acceptors (Lipinski definition) is 5. The van der Waals surface area contributed by atoms with Crippen molar-refractivity contribution in [2.24, 2.45) is 0 Å². The Morgan fingerprint density at radius 3 is 2.88 bits per heavy atom. The highest BCUT2D eigenvalue weighted by Crippen LogP contribution is 2.01. The van der Waals surface area contributed by atoms with E-state index in [-0.39, 0.29) is 24.8 Å². The van der Waals surface area contributed by atoms with Crippen LogP contribution in [0.15, 0.2) is 12.7 Å². The van der Waals surface area contributed by atoms with Crippen molar-refractivity contribution in [3.63, 3.8) is 0 Å². The van der Waals surface area contributed by atoms with Crippen LogP contribution in [0.4, 0.5) is 0 Å². The van der Waals surface area contributed by atoms with Crippen molar-refractivity contribution in [3.05, 3.63) is 12.7 Å². The minimum Gasteiger partial charge on any atom is -0.466 e.